The number of para-hydroxylation sites is 1. The second-order valence-corrected chi connectivity index (χ2v) is 17.2. The highest BCUT2D eigenvalue weighted by atomic mass is 32.1. The van der Waals surface area contributed by atoms with E-state index in [0.717, 1.165) is 17.1 Å². The summed E-state index contributed by atoms with van der Waals surface area (Å²) in [4.78, 5) is 4.99. The normalized spacial score (nSPS) is 16.7. The monoisotopic (exact) mass is 915 g/mol. The van der Waals surface area contributed by atoms with Crippen LogP contribution in [0.4, 0.5) is 28.4 Å². The molecule has 7 aromatic rings. The molecule has 68 heavy (non-hydrogen) atoms. The van der Waals surface area contributed by atoms with Gasteiger partial charge < -0.3 is 9.80 Å². The molecular formula is C65H74N2S. The van der Waals surface area contributed by atoms with Crippen molar-refractivity contribution in [2.45, 2.75) is 92.0 Å². The number of hydrogen-bond donors (Lipinski definition) is 1. The van der Waals surface area contributed by atoms with Crippen molar-refractivity contribution < 1.29 is 0 Å². The van der Waals surface area contributed by atoms with E-state index in [1.54, 1.807) is 18.4 Å². The van der Waals surface area contributed by atoms with Gasteiger partial charge in [0.15, 0.2) is 0 Å². The molecule has 0 radical (unpaired) electrons. The summed E-state index contributed by atoms with van der Waals surface area (Å²) >= 11 is 3.53. The Morgan fingerprint density at radius 1 is 0.515 bits per heavy atom. The molecule has 2 unspecified atom stereocenters. The van der Waals surface area contributed by atoms with Gasteiger partial charge in [-0.15, -0.1) is 13.2 Å². The van der Waals surface area contributed by atoms with Crippen molar-refractivity contribution in [2.24, 2.45) is 0 Å². The highest BCUT2D eigenvalue weighted by Gasteiger charge is 2.57. The Morgan fingerprint density at radius 3 is 1.35 bits per heavy atom. The molecule has 0 amide bonds. The van der Waals surface area contributed by atoms with Crippen LogP contribution in [0.3, 0.4) is 0 Å². The maximum atomic E-state index is 3.53. The van der Waals surface area contributed by atoms with Gasteiger partial charge in [0.25, 0.3) is 0 Å². The average molecular weight is 915 g/mol. The van der Waals surface area contributed by atoms with Crippen LogP contribution in [0.15, 0.2) is 219 Å². The summed E-state index contributed by atoms with van der Waals surface area (Å²) in [5, 5.41) is 0. The first-order chi connectivity index (χ1) is 33.2. The van der Waals surface area contributed by atoms with Crippen molar-refractivity contribution in [1.29, 1.82) is 0 Å². The highest BCUT2D eigenvalue weighted by Crippen LogP contribution is 2.60. The first-order valence-electron chi connectivity index (χ1n) is 24.4. The zero-order valence-electron chi connectivity index (χ0n) is 42.2. The number of hydrogen-bond acceptors (Lipinski definition) is 3. The van der Waals surface area contributed by atoms with E-state index in [-0.39, 0.29) is 11.0 Å². The van der Waals surface area contributed by atoms with Crippen LogP contribution in [0.25, 0.3) is 39.0 Å². The van der Waals surface area contributed by atoms with E-state index in [0.29, 0.717) is 0 Å². The molecule has 2 nitrogen and oxygen atoms in total. The van der Waals surface area contributed by atoms with E-state index in [2.05, 4.69) is 257 Å². The van der Waals surface area contributed by atoms with Gasteiger partial charge in [0.05, 0.1) is 5.54 Å². The van der Waals surface area contributed by atoms with Crippen LogP contribution in [-0.2, 0) is 5.41 Å². The zero-order valence-corrected chi connectivity index (χ0v) is 43.1. The predicted octanol–water partition coefficient (Wildman–Crippen LogP) is 19.8. The van der Waals surface area contributed by atoms with Gasteiger partial charge in [0.1, 0.15) is 0 Å². The van der Waals surface area contributed by atoms with Gasteiger partial charge in [-0.2, -0.15) is 12.6 Å². The number of rotatable bonds is 9. The third kappa shape index (κ3) is 11.4. The first-order valence-corrected chi connectivity index (χ1v) is 25.3. The van der Waals surface area contributed by atoms with Crippen molar-refractivity contribution in [2.75, 3.05) is 16.1 Å². The van der Waals surface area contributed by atoms with Gasteiger partial charge in [-0.25, -0.2) is 0 Å². The predicted molar refractivity (Wildman–Crippen MR) is 307 cm³/mol. The van der Waals surface area contributed by atoms with Crippen molar-refractivity contribution in [3.8, 4) is 33.4 Å². The molecule has 0 saturated heterocycles. The van der Waals surface area contributed by atoms with E-state index in [4.69, 9.17) is 0 Å². The molecule has 1 heterocycles. The lowest BCUT2D eigenvalue weighted by molar-refractivity contribution is 0.195. The molecule has 7 aromatic carbocycles. The zero-order chi connectivity index (χ0) is 49.1. The second kappa shape index (κ2) is 25.5. The van der Waals surface area contributed by atoms with Gasteiger partial charge in [-0.3, -0.25) is 0 Å². The summed E-state index contributed by atoms with van der Waals surface area (Å²) in [6.07, 6.45) is 16.7. The molecule has 1 fully saturated rings. The maximum Gasteiger partial charge on any atom is 0.0517 e. The molecule has 1 aliphatic carbocycles. The summed E-state index contributed by atoms with van der Waals surface area (Å²) in [5.74, 6) is 0. The molecule has 1 saturated carbocycles. The lowest BCUT2D eigenvalue weighted by Gasteiger charge is -2.50. The Bertz CT molecular complexity index is 2670. The Balaban J connectivity index is 0.000000803. The maximum absolute atomic E-state index is 3.53. The summed E-state index contributed by atoms with van der Waals surface area (Å²) in [7, 11) is 0. The molecule has 2 atom stereocenters. The van der Waals surface area contributed by atoms with E-state index >= 15 is 0 Å². The smallest absolute Gasteiger partial charge is 0.0517 e. The molecule has 0 N–H and O–H groups in total. The standard InChI is InChI=1S/C56H52N2.2C3H6.C2H6.CH4S/c1-5-14-41(6-2)43-23-31-49(32-24-43)57(50-33-25-46(26-34-50)42-15-8-7-9-16-42)51-35-27-47(28-36-51)44-19-21-45(22-20-44)48-29-37-52(38-30-48)58-54-18-11-10-17-53(54)55(3)39-12-13-40-56(55,58)4;2*1-3-2;2*1-2/h5-11,14-38H,12-13,39-40H2,1-4H3;2*3H,1H2,2H3;1-2H3;2H,1H3/b14-5-,41-6+;;;;. The van der Waals surface area contributed by atoms with Crippen molar-refractivity contribution >= 4 is 46.6 Å². The number of nitrogens with zero attached hydrogens (tertiary/aromatic N) is 2. The molecule has 0 spiro atoms. The number of thiol groups is 1. The minimum atomic E-state index is 0.0741. The van der Waals surface area contributed by atoms with Crippen LogP contribution in [-0.4, -0.2) is 11.8 Å². The van der Waals surface area contributed by atoms with E-state index < -0.39 is 0 Å². The highest BCUT2D eigenvalue weighted by molar-refractivity contribution is 7.79. The molecule has 3 heteroatoms. The molecule has 0 bridgehead atoms. The third-order valence-electron chi connectivity index (χ3n) is 13.2. The van der Waals surface area contributed by atoms with Crippen molar-refractivity contribution in [3.63, 3.8) is 0 Å². The van der Waals surface area contributed by atoms with Crippen LogP contribution >= 0.6 is 12.6 Å². The molecule has 1 aliphatic heterocycles. The molecule has 2 aliphatic rings. The summed E-state index contributed by atoms with van der Waals surface area (Å²) < 4.78 is 0. The Morgan fingerprint density at radius 2 is 0.897 bits per heavy atom. The Hall–Kier alpha value is -6.55. The number of fused-ring (bicyclic) bond motifs is 3. The van der Waals surface area contributed by atoms with E-state index in [1.165, 1.54) is 87.1 Å². The first kappa shape index (κ1) is 52.4. The van der Waals surface area contributed by atoms with Crippen molar-refractivity contribution in [1.82, 2.24) is 0 Å². The SMILES string of the molecule is C/C=C\C(=C/C)c1ccc(N(c2ccc(-c3ccccc3)cc2)c2ccc(-c3ccc(-c4ccc(N5c6ccccc6C6(C)CCCCC56C)cc4)cc3)cc2)cc1.C=CC.C=CC.CC.CS. The lowest BCUT2D eigenvalue weighted by Crippen LogP contribution is -2.54. The van der Waals surface area contributed by atoms with Crippen LogP contribution in [0.5, 0.6) is 0 Å². The van der Waals surface area contributed by atoms with Gasteiger partial charge in [0.2, 0.25) is 0 Å². The number of anilines is 5. The fraction of sp³-hybridized carbons (Fsp3) is 0.231. The average Bonchev–Trinajstić information content (AvgIpc) is 3.61. The summed E-state index contributed by atoms with van der Waals surface area (Å²) in [6.45, 7) is 23.7. The third-order valence-corrected chi connectivity index (χ3v) is 13.2. The lowest BCUT2D eigenvalue weighted by atomic mass is 9.61. The largest absolute Gasteiger partial charge is 0.334 e. The number of allylic oxidation sites excluding steroid dienone is 6. The Kier molecular flexibility index (Phi) is 19.7. The van der Waals surface area contributed by atoms with Gasteiger partial charge in [-0.1, -0.05) is 185 Å². The summed E-state index contributed by atoms with van der Waals surface area (Å²) in [6, 6.07) is 64.8. The van der Waals surface area contributed by atoms with Gasteiger partial charge in [-0.05, 0) is 158 Å². The van der Waals surface area contributed by atoms with Crippen LogP contribution in [0.1, 0.15) is 92.2 Å². The topological polar surface area (TPSA) is 6.48 Å². The molecule has 0 aromatic heterocycles. The van der Waals surface area contributed by atoms with Crippen LogP contribution in [0.2, 0.25) is 0 Å². The van der Waals surface area contributed by atoms with Gasteiger partial charge >= 0.3 is 0 Å². The quantitative estimate of drug-likeness (QED) is 0.0876. The van der Waals surface area contributed by atoms with Gasteiger partial charge in [0, 0.05) is 33.9 Å². The number of benzene rings is 7. The summed E-state index contributed by atoms with van der Waals surface area (Å²) in [5.41, 5.74) is 17.5. The van der Waals surface area contributed by atoms with Crippen LogP contribution < -0.4 is 9.80 Å². The van der Waals surface area contributed by atoms with Crippen LogP contribution in [0, 0.1) is 0 Å². The fourth-order valence-corrected chi connectivity index (χ4v) is 9.78. The molecule has 350 valence electrons. The molecular weight excluding hydrogens is 841 g/mol. The molecule has 9 rings (SSSR count). The fourth-order valence-electron chi connectivity index (χ4n) is 9.78. The Labute approximate surface area is 416 Å². The van der Waals surface area contributed by atoms with E-state index in [1.807, 2.05) is 27.7 Å². The minimum Gasteiger partial charge on any atom is -0.334 e. The van der Waals surface area contributed by atoms with Crippen molar-refractivity contribution in [3.05, 3.63) is 231 Å². The van der Waals surface area contributed by atoms with E-state index in [9.17, 15) is 0 Å². The minimum absolute atomic E-state index is 0.0741. The second-order valence-electron chi connectivity index (χ2n) is 17.2.